The Labute approximate surface area is 212 Å². The van der Waals surface area contributed by atoms with Crippen molar-refractivity contribution in [3.63, 3.8) is 0 Å². The van der Waals surface area contributed by atoms with E-state index in [2.05, 4.69) is 27.8 Å². The molecule has 3 aromatic carbocycles. The van der Waals surface area contributed by atoms with Crippen molar-refractivity contribution in [1.82, 2.24) is 5.32 Å². The van der Waals surface area contributed by atoms with Gasteiger partial charge in [0.2, 0.25) is 0 Å². The Hall–Kier alpha value is -3.58. The molecule has 0 spiro atoms. The fourth-order valence-electron chi connectivity index (χ4n) is 5.05. The molecule has 36 heavy (non-hydrogen) atoms. The summed E-state index contributed by atoms with van der Waals surface area (Å²) in [4.78, 5) is 28.4. The number of piperidine rings is 1. The molecule has 0 saturated carbocycles. The summed E-state index contributed by atoms with van der Waals surface area (Å²) >= 11 is 0. The van der Waals surface area contributed by atoms with Crippen molar-refractivity contribution in [1.29, 1.82) is 0 Å². The largest absolute Gasteiger partial charge is 0.376 e. The van der Waals surface area contributed by atoms with Crippen LogP contribution >= 0.6 is 0 Å². The molecule has 188 valence electrons. The first kappa shape index (κ1) is 24.1. The number of rotatable bonds is 6. The van der Waals surface area contributed by atoms with Gasteiger partial charge in [-0.05, 0) is 61.3 Å². The van der Waals surface area contributed by atoms with Gasteiger partial charge in [0, 0.05) is 43.0 Å². The minimum absolute atomic E-state index is 0.0704. The fraction of sp³-hybridized carbons (Fsp3) is 0.379. The third kappa shape index (κ3) is 5.62. The van der Waals surface area contributed by atoms with Gasteiger partial charge in [0.15, 0.2) is 0 Å². The molecule has 2 aliphatic rings. The van der Waals surface area contributed by atoms with Crippen molar-refractivity contribution in [2.75, 3.05) is 41.8 Å². The molecule has 1 unspecified atom stereocenters. The standard InChI is InChI=1S/C29H34N4O3/c1-20-13-15-33(16-14-20)27-12-11-22(18-25(27)28(34)30-19-23-8-5-17-36-23)31-29(35)32-26-10-4-7-21-6-2-3-9-24(21)26/h2-4,6-7,9-12,18,20,23H,5,8,13-17,19H2,1H3,(H,30,34)(H2,31,32,35). The molecule has 0 radical (unpaired) electrons. The maximum atomic E-state index is 13.3. The van der Waals surface area contributed by atoms with E-state index in [-0.39, 0.29) is 18.0 Å². The zero-order chi connectivity index (χ0) is 24.9. The molecule has 3 amide bonds. The number of hydrogen-bond acceptors (Lipinski definition) is 4. The van der Waals surface area contributed by atoms with E-state index >= 15 is 0 Å². The molecule has 3 N–H and O–H groups in total. The summed E-state index contributed by atoms with van der Waals surface area (Å²) in [6, 6.07) is 19.0. The zero-order valence-electron chi connectivity index (χ0n) is 20.8. The van der Waals surface area contributed by atoms with E-state index in [0.717, 1.165) is 67.5 Å². The van der Waals surface area contributed by atoms with E-state index in [9.17, 15) is 9.59 Å². The van der Waals surface area contributed by atoms with Gasteiger partial charge in [-0.3, -0.25) is 4.79 Å². The van der Waals surface area contributed by atoms with Crippen LogP contribution in [-0.2, 0) is 4.74 Å². The summed E-state index contributed by atoms with van der Waals surface area (Å²) < 4.78 is 5.67. The number of nitrogens with zero attached hydrogens (tertiary/aromatic N) is 1. The highest BCUT2D eigenvalue weighted by atomic mass is 16.5. The van der Waals surface area contributed by atoms with Gasteiger partial charge in [0.25, 0.3) is 5.91 Å². The Morgan fingerprint density at radius 2 is 1.78 bits per heavy atom. The SMILES string of the molecule is CC1CCN(c2ccc(NC(=O)Nc3cccc4ccccc34)cc2C(=O)NCC2CCCO2)CC1. The van der Waals surface area contributed by atoms with Crippen molar-refractivity contribution >= 4 is 39.8 Å². The van der Waals surface area contributed by atoms with Gasteiger partial charge < -0.3 is 25.6 Å². The van der Waals surface area contributed by atoms with Crippen LogP contribution in [0.2, 0.25) is 0 Å². The third-order valence-corrected chi connectivity index (χ3v) is 7.18. The van der Waals surface area contributed by atoms with Crippen molar-refractivity contribution in [3.05, 3.63) is 66.2 Å². The van der Waals surface area contributed by atoms with E-state index in [4.69, 9.17) is 4.74 Å². The molecule has 3 aromatic rings. The number of carbonyl (C=O) groups is 2. The minimum atomic E-state index is -0.350. The number of carbonyl (C=O) groups excluding carboxylic acids is 2. The summed E-state index contributed by atoms with van der Waals surface area (Å²) in [5.74, 6) is 0.550. The second-order valence-electron chi connectivity index (χ2n) is 9.85. The Kier molecular flexibility index (Phi) is 7.37. The molecular weight excluding hydrogens is 452 g/mol. The van der Waals surface area contributed by atoms with Gasteiger partial charge in [0.05, 0.1) is 17.4 Å². The van der Waals surface area contributed by atoms with Gasteiger partial charge in [-0.25, -0.2) is 4.79 Å². The van der Waals surface area contributed by atoms with Crippen molar-refractivity contribution < 1.29 is 14.3 Å². The first-order chi connectivity index (χ1) is 17.6. The molecule has 2 fully saturated rings. The number of fused-ring (bicyclic) bond motifs is 1. The Morgan fingerprint density at radius 3 is 2.58 bits per heavy atom. The number of urea groups is 1. The minimum Gasteiger partial charge on any atom is -0.376 e. The van der Waals surface area contributed by atoms with Crippen molar-refractivity contribution in [3.8, 4) is 0 Å². The van der Waals surface area contributed by atoms with E-state index in [1.165, 1.54) is 0 Å². The van der Waals surface area contributed by atoms with Crippen molar-refractivity contribution in [2.45, 2.75) is 38.7 Å². The number of nitrogens with one attached hydrogen (secondary N) is 3. The number of amides is 3. The second-order valence-corrected chi connectivity index (χ2v) is 9.85. The lowest BCUT2D eigenvalue weighted by Gasteiger charge is -2.33. The molecule has 0 aliphatic carbocycles. The monoisotopic (exact) mass is 486 g/mol. The smallest absolute Gasteiger partial charge is 0.323 e. The molecule has 1 atom stereocenters. The second kappa shape index (κ2) is 11.0. The van der Waals surface area contributed by atoms with Gasteiger partial charge in [0.1, 0.15) is 0 Å². The summed E-state index contributed by atoms with van der Waals surface area (Å²) in [5.41, 5.74) is 2.79. The Morgan fingerprint density at radius 1 is 0.972 bits per heavy atom. The summed E-state index contributed by atoms with van der Waals surface area (Å²) in [5, 5.41) is 10.9. The van der Waals surface area contributed by atoms with E-state index in [0.29, 0.717) is 23.7 Å². The maximum Gasteiger partial charge on any atom is 0.323 e. The quantitative estimate of drug-likeness (QED) is 0.422. The maximum absolute atomic E-state index is 13.3. The van der Waals surface area contributed by atoms with Gasteiger partial charge >= 0.3 is 6.03 Å². The number of anilines is 3. The number of hydrogen-bond donors (Lipinski definition) is 3. The molecule has 2 heterocycles. The van der Waals surface area contributed by atoms with Crippen LogP contribution in [0.4, 0.5) is 21.9 Å². The lowest BCUT2D eigenvalue weighted by Crippen LogP contribution is -2.36. The van der Waals surface area contributed by atoms with Crippen LogP contribution < -0.4 is 20.9 Å². The summed E-state index contributed by atoms with van der Waals surface area (Å²) in [6.07, 6.45) is 4.27. The number of ether oxygens (including phenoxy) is 1. The zero-order valence-corrected chi connectivity index (χ0v) is 20.8. The molecule has 5 rings (SSSR count). The molecule has 7 heteroatoms. The van der Waals surface area contributed by atoms with Gasteiger partial charge in [-0.15, -0.1) is 0 Å². The highest BCUT2D eigenvalue weighted by Gasteiger charge is 2.23. The van der Waals surface area contributed by atoms with Crippen LogP contribution in [-0.4, -0.2) is 44.3 Å². The number of benzene rings is 3. The van der Waals surface area contributed by atoms with Gasteiger partial charge in [-0.2, -0.15) is 0 Å². The van der Waals surface area contributed by atoms with E-state index < -0.39 is 0 Å². The van der Waals surface area contributed by atoms with Crippen LogP contribution in [0.5, 0.6) is 0 Å². The molecule has 0 aromatic heterocycles. The fourth-order valence-corrected chi connectivity index (χ4v) is 5.05. The van der Waals surface area contributed by atoms with E-state index in [1.54, 1.807) is 6.07 Å². The average Bonchev–Trinajstić information content (AvgIpc) is 3.42. The first-order valence-corrected chi connectivity index (χ1v) is 12.9. The van der Waals surface area contributed by atoms with E-state index in [1.807, 2.05) is 54.6 Å². The normalized spacial score (nSPS) is 18.2. The highest BCUT2D eigenvalue weighted by molar-refractivity contribution is 6.07. The molecular formula is C29H34N4O3. The summed E-state index contributed by atoms with van der Waals surface area (Å²) in [7, 11) is 0. The Balaban J connectivity index is 1.34. The highest BCUT2D eigenvalue weighted by Crippen LogP contribution is 2.29. The lowest BCUT2D eigenvalue weighted by molar-refractivity contribution is 0.0858. The first-order valence-electron chi connectivity index (χ1n) is 12.9. The predicted molar refractivity (Wildman–Crippen MR) is 145 cm³/mol. The molecule has 0 bridgehead atoms. The summed E-state index contributed by atoms with van der Waals surface area (Å²) in [6.45, 7) is 5.36. The van der Waals surface area contributed by atoms with Crippen molar-refractivity contribution in [2.24, 2.45) is 5.92 Å². The van der Waals surface area contributed by atoms with Gasteiger partial charge in [-0.1, -0.05) is 43.3 Å². The Bertz CT molecular complexity index is 1220. The molecule has 2 aliphatic heterocycles. The van der Waals surface area contributed by atoms with Crippen LogP contribution in [0.1, 0.15) is 43.0 Å². The lowest BCUT2D eigenvalue weighted by atomic mass is 9.97. The third-order valence-electron chi connectivity index (χ3n) is 7.18. The topological polar surface area (TPSA) is 82.7 Å². The molecule has 2 saturated heterocycles. The van der Waals surface area contributed by atoms with Crippen LogP contribution in [0.25, 0.3) is 10.8 Å². The van der Waals surface area contributed by atoms with Crippen LogP contribution in [0.15, 0.2) is 60.7 Å². The average molecular weight is 487 g/mol. The van der Waals surface area contributed by atoms with Crippen LogP contribution in [0.3, 0.4) is 0 Å². The molecule has 7 nitrogen and oxygen atoms in total. The predicted octanol–water partition coefficient (Wildman–Crippen LogP) is 5.63. The van der Waals surface area contributed by atoms with Crippen LogP contribution in [0, 0.1) is 5.92 Å².